The van der Waals surface area contributed by atoms with E-state index in [4.69, 9.17) is 13.9 Å². The molecule has 4 aromatic rings. The van der Waals surface area contributed by atoms with Crippen molar-refractivity contribution in [2.75, 3.05) is 5.43 Å². The van der Waals surface area contributed by atoms with E-state index in [0.29, 0.717) is 17.0 Å². The second-order valence-corrected chi connectivity index (χ2v) is 6.75. The van der Waals surface area contributed by atoms with Gasteiger partial charge < -0.3 is 13.9 Å². The average Bonchev–Trinajstić information content (AvgIpc) is 2.74. The molecule has 32 heavy (non-hydrogen) atoms. The predicted octanol–water partition coefficient (Wildman–Crippen LogP) is 3.64. The molecule has 0 aliphatic heterocycles. The summed E-state index contributed by atoms with van der Waals surface area (Å²) in [5.41, 5.74) is 3.46. The average molecular weight is 431 g/mol. The van der Waals surface area contributed by atoms with Crippen molar-refractivity contribution in [3.8, 4) is 11.5 Å². The van der Waals surface area contributed by atoms with Crippen molar-refractivity contribution in [1.29, 1.82) is 0 Å². The first-order valence-corrected chi connectivity index (χ1v) is 9.52. The van der Waals surface area contributed by atoms with E-state index in [-0.39, 0.29) is 27.9 Å². The van der Waals surface area contributed by atoms with E-state index in [9.17, 15) is 14.4 Å². The van der Waals surface area contributed by atoms with E-state index in [0.717, 1.165) is 0 Å². The van der Waals surface area contributed by atoms with Gasteiger partial charge in [-0.1, -0.05) is 6.07 Å². The van der Waals surface area contributed by atoms with Gasteiger partial charge >= 0.3 is 11.9 Å². The highest BCUT2D eigenvalue weighted by Crippen LogP contribution is 2.32. The van der Waals surface area contributed by atoms with E-state index in [1.807, 2.05) is 6.07 Å². The number of carbonyl (C=O) groups excluding carboxylic acids is 2. The van der Waals surface area contributed by atoms with Gasteiger partial charge in [-0.25, -0.2) is 4.98 Å². The van der Waals surface area contributed by atoms with Crippen LogP contribution in [0.2, 0.25) is 0 Å². The van der Waals surface area contributed by atoms with Crippen molar-refractivity contribution in [2.45, 2.75) is 13.8 Å². The molecule has 0 aliphatic carbocycles. The molecule has 0 unspecified atom stereocenters. The predicted molar refractivity (Wildman–Crippen MR) is 118 cm³/mol. The maximum absolute atomic E-state index is 13.2. The van der Waals surface area contributed by atoms with Crippen LogP contribution in [0.25, 0.3) is 21.9 Å². The molecule has 0 radical (unpaired) electrons. The first kappa shape index (κ1) is 20.7. The normalized spacial score (nSPS) is 11.1. The van der Waals surface area contributed by atoms with Gasteiger partial charge in [0.05, 0.1) is 11.6 Å². The summed E-state index contributed by atoms with van der Waals surface area (Å²) in [5, 5.41) is 4.45. The molecular weight excluding hydrogens is 414 g/mol. The van der Waals surface area contributed by atoms with E-state index in [1.165, 1.54) is 32.2 Å². The molecule has 2 aromatic carbocycles. The Labute approximate surface area is 181 Å². The van der Waals surface area contributed by atoms with Gasteiger partial charge in [-0.05, 0) is 35.9 Å². The smallest absolute Gasteiger partial charge is 0.308 e. The number of hydrogen-bond acceptors (Lipinski definition) is 9. The zero-order valence-electron chi connectivity index (χ0n) is 17.1. The first-order chi connectivity index (χ1) is 15.4. The molecule has 0 bridgehead atoms. The number of aromatic nitrogens is 1. The number of pyridine rings is 1. The number of benzene rings is 2. The van der Waals surface area contributed by atoms with Crippen molar-refractivity contribution >= 4 is 45.9 Å². The van der Waals surface area contributed by atoms with E-state index in [2.05, 4.69) is 15.5 Å². The van der Waals surface area contributed by atoms with E-state index in [1.54, 1.807) is 36.5 Å². The van der Waals surface area contributed by atoms with Crippen LogP contribution in [0.15, 0.2) is 69.0 Å². The van der Waals surface area contributed by atoms with Crippen LogP contribution >= 0.6 is 0 Å². The Kier molecular flexibility index (Phi) is 5.63. The van der Waals surface area contributed by atoms with Crippen LogP contribution in [-0.4, -0.2) is 23.1 Å². The van der Waals surface area contributed by atoms with Gasteiger partial charge in [-0.15, -0.1) is 0 Å². The van der Waals surface area contributed by atoms with Gasteiger partial charge in [0, 0.05) is 32.2 Å². The molecule has 2 heterocycles. The van der Waals surface area contributed by atoms with Crippen molar-refractivity contribution < 1.29 is 23.5 Å². The molecule has 0 atom stereocenters. The number of hydrazone groups is 1. The number of hydrogen-bond donors (Lipinski definition) is 1. The molecule has 2 aromatic heterocycles. The number of esters is 2. The summed E-state index contributed by atoms with van der Waals surface area (Å²) < 4.78 is 16.1. The third-order valence-corrected chi connectivity index (χ3v) is 4.31. The third-order valence-electron chi connectivity index (χ3n) is 4.31. The minimum atomic E-state index is -0.632. The number of nitrogens with one attached hydrogen (secondary N) is 1. The molecule has 160 valence electrons. The van der Waals surface area contributed by atoms with E-state index >= 15 is 0 Å². The summed E-state index contributed by atoms with van der Waals surface area (Å²) in [7, 11) is 0. The number of anilines is 1. The maximum atomic E-state index is 13.2. The maximum Gasteiger partial charge on any atom is 0.308 e. The number of rotatable bonds is 5. The SMILES string of the molecule is CC(=O)Oc1cc(OC(C)=O)c2c(=O)c3cc(/C=N/Nc4ccccn4)ccc3oc2c1. The largest absolute Gasteiger partial charge is 0.456 e. The third kappa shape index (κ3) is 4.46. The summed E-state index contributed by atoms with van der Waals surface area (Å²) in [6.45, 7) is 2.44. The molecule has 4 rings (SSSR count). The highest BCUT2D eigenvalue weighted by molar-refractivity contribution is 5.97. The van der Waals surface area contributed by atoms with Gasteiger partial charge in [0.2, 0.25) is 5.43 Å². The van der Waals surface area contributed by atoms with Gasteiger partial charge in [0.25, 0.3) is 0 Å². The Hall–Kier alpha value is -4.53. The minimum absolute atomic E-state index is 0.0576. The molecule has 9 nitrogen and oxygen atoms in total. The zero-order valence-corrected chi connectivity index (χ0v) is 17.1. The Morgan fingerprint density at radius 2 is 1.84 bits per heavy atom. The van der Waals surface area contributed by atoms with Crippen LogP contribution in [0, 0.1) is 0 Å². The highest BCUT2D eigenvalue weighted by atomic mass is 16.5. The second-order valence-electron chi connectivity index (χ2n) is 6.75. The monoisotopic (exact) mass is 431 g/mol. The van der Waals surface area contributed by atoms with Crippen molar-refractivity contribution in [1.82, 2.24) is 4.98 Å². The van der Waals surface area contributed by atoms with E-state index < -0.39 is 17.4 Å². The Bertz CT molecular complexity index is 1430. The quantitative estimate of drug-likeness (QED) is 0.167. The lowest BCUT2D eigenvalue weighted by Crippen LogP contribution is -2.10. The van der Waals surface area contributed by atoms with Crippen molar-refractivity contribution in [3.63, 3.8) is 0 Å². The summed E-state index contributed by atoms with van der Waals surface area (Å²) in [5.74, 6) is -0.590. The number of carbonyl (C=O) groups is 2. The summed E-state index contributed by atoms with van der Waals surface area (Å²) >= 11 is 0. The minimum Gasteiger partial charge on any atom is -0.456 e. The number of ether oxygens (including phenoxy) is 2. The fourth-order valence-electron chi connectivity index (χ4n) is 3.08. The highest BCUT2D eigenvalue weighted by Gasteiger charge is 2.17. The molecule has 1 N–H and O–H groups in total. The number of fused-ring (bicyclic) bond motifs is 2. The lowest BCUT2D eigenvalue weighted by atomic mass is 10.1. The lowest BCUT2D eigenvalue weighted by Gasteiger charge is -2.10. The van der Waals surface area contributed by atoms with Gasteiger partial charge in [-0.2, -0.15) is 5.10 Å². The van der Waals surface area contributed by atoms with Crippen LogP contribution in [-0.2, 0) is 9.59 Å². The fraction of sp³-hybridized carbons (Fsp3) is 0.0870. The molecular formula is C23H17N3O6. The molecule has 0 aliphatic rings. The summed E-state index contributed by atoms with van der Waals surface area (Å²) in [6, 6.07) is 13.0. The van der Waals surface area contributed by atoms with Crippen LogP contribution < -0.4 is 20.3 Å². The molecule has 0 saturated carbocycles. The number of nitrogens with zero attached hydrogens (tertiary/aromatic N) is 2. The van der Waals surface area contributed by atoms with Crippen LogP contribution in [0.1, 0.15) is 19.4 Å². The van der Waals surface area contributed by atoms with Crippen LogP contribution in [0.5, 0.6) is 11.5 Å². The van der Waals surface area contributed by atoms with Crippen molar-refractivity contribution in [2.24, 2.45) is 5.10 Å². The first-order valence-electron chi connectivity index (χ1n) is 9.52. The second kappa shape index (κ2) is 8.68. The molecule has 0 fully saturated rings. The van der Waals surface area contributed by atoms with Crippen LogP contribution in [0.4, 0.5) is 5.82 Å². The van der Waals surface area contributed by atoms with Gasteiger partial charge in [0.15, 0.2) is 0 Å². The summed E-state index contributed by atoms with van der Waals surface area (Å²) in [6.07, 6.45) is 3.17. The van der Waals surface area contributed by atoms with Crippen molar-refractivity contribution in [3.05, 3.63) is 70.5 Å². The fourth-order valence-corrected chi connectivity index (χ4v) is 3.08. The Balaban J connectivity index is 1.79. The zero-order chi connectivity index (χ0) is 22.7. The van der Waals surface area contributed by atoms with Gasteiger partial charge in [0.1, 0.15) is 33.9 Å². The molecule has 9 heteroatoms. The topological polar surface area (TPSA) is 120 Å². The van der Waals surface area contributed by atoms with Gasteiger partial charge in [-0.3, -0.25) is 19.8 Å². The molecule has 0 amide bonds. The standard InChI is InChI=1S/C23H17N3O6/c1-13(27)30-16-10-19(31-14(2)28)22-20(11-16)32-18-7-6-15(9-17(18)23(22)29)12-25-26-21-5-3-4-8-24-21/h3-12H,1-2H3,(H,24,26)/b25-12+. The lowest BCUT2D eigenvalue weighted by molar-refractivity contribution is -0.132. The Morgan fingerprint density at radius 1 is 1.03 bits per heavy atom. The molecule has 0 saturated heterocycles. The summed E-state index contributed by atoms with van der Waals surface area (Å²) in [4.78, 5) is 40.2. The van der Waals surface area contributed by atoms with Crippen LogP contribution in [0.3, 0.4) is 0 Å². The Morgan fingerprint density at radius 3 is 2.56 bits per heavy atom. The molecule has 0 spiro atoms.